The average molecular weight is 358 g/mol. The molecule has 2 bridgehead atoms. The van der Waals surface area contributed by atoms with Crippen LogP contribution in [0.15, 0.2) is 15.1 Å². The Morgan fingerprint density at radius 2 is 2.00 bits per heavy atom. The van der Waals surface area contributed by atoms with Crippen molar-refractivity contribution in [3.63, 3.8) is 0 Å². The zero-order valence-electron chi connectivity index (χ0n) is 15.2. The van der Waals surface area contributed by atoms with Crippen molar-refractivity contribution < 1.29 is 18.6 Å². The van der Waals surface area contributed by atoms with Crippen molar-refractivity contribution in [2.24, 2.45) is 5.92 Å². The molecule has 0 spiro atoms. The van der Waals surface area contributed by atoms with Crippen LogP contribution in [0.3, 0.4) is 0 Å². The molecule has 0 saturated carbocycles. The highest BCUT2D eigenvalue weighted by Crippen LogP contribution is 2.32. The number of hydrogen-bond donors (Lipinski definition) is 0. The molecule has 0 N–H and O–H groups in total. The van der Waals surface area contributed by atoms with E-state index in [-0.39, 0.29) is 23.8 Å². The van der Waals surface area contributed by atoms with Gasteiger partial charge in [0.2, 0.25) is 5.91 Å². The minimum absolute atomic E-state index is 0.00750. The molecular weight excluding hydrogens is 336 g/mol. The Kier molecular flexibility index (Phi) is 4.05. The van der Waals surface area contributed by atoms with E-state index in [0.29, 0.717) is 31.1 Å². The lowest BCUT2D eigenvalue weighted by Crippen LogP contribution is -2.47. The molecule has 2 aromatic heterocycles. The van der Waals surface area contributed by atoms with Crippen LogP contribution in [0.4, 0.5) is 0 Å². The number of amides is 2. The summed E-state index contributed by atoms with van der Waals surface area (Å²) in [6.45, 7) is 6.92. The van der Waals surface area contributed by atoms with Gasteiger partial charge in [-0.05, 0) is 33.6 Å². The SMILES string of the molecule is Cc1cc(C(=O)N2C[C@@H]3CC[C@H](C2)N(Cc2c(C)noc2C)C3=O)no1. The minimum atomic E-state index is -0.175. The van der Waals surface area contributed by atoms with E-state index < -0.39 is 0 Å². The Hall–Kier alpha value is -2.64. The molecule has 0 aromatic carbocycles. The molecule has 0 radical (unpaired) electrons. The number of piperidine rings is 1. The topological polar surface area (TPSA) is 92.7 Å². The maximum Gasteiger partial charge on any atom is 0.276 e. The first-order valence-corrected chi connectivity index (χ1v) is 8.89. The quantitative estimate of drug-likeness (QED) is 0.831. The molecule has 5 heterocycles. The molecule has 2 amide bonds. The van der Waals surface area contributed by atoms with Crippen LogP contribution in [0, 0.1) is 26.7 Å². The molecule has 0 unspecified atom stereocenters. The summed E-state index contributed by atoms with van der Waals surface area (Å²) in [5.74, 6) is 1.09. The third kappa shape index (κ3) is 2.79. The first-order valence-electron chi connectivity index (χ1n) is 8.89. The third-order valence-electron chi connectivity index (χ3n) is 5.44. The smallest absolute Gasteiger partial charge is 0.276 e. The van der Waals surface area contributed by atoms with Crippen LogP contribution in [0.5, 0.6) is 0 Å². The van der Waals surface area contributed by atoms with Gasteiger partial charge in [-0.25, -0.2) is 0 Å². The van der Waals surface area contributed by atoms with Crippen molar-refractivity contribution in [1.29, 1.82) is 0 Å². The van der Waals surface area contributed by atoms with Crippen molar-refractivity contribution in [3.05, 3.63) is 34.5 Å². The van der Waals surface area contributed by atoms with Crippen molar-refractivity contribution >= 4 is 11.8 Å². The van der Waals surface area contributed by atoms with Gasteiger partial charge in [-0.2, -0.15) is 0 Å². The Morgan fingerprint density at radius 3 is 2.65 bits per heavy atom. The molecule has 26 heavy (non-hydrogen) atoms. The molecule has 2 atom stereocenters. The van der Waals surface area contributed by atoms with Crippen LogP contribution in [-0.4, -0.2) is 51.1 Å². The fourth-order valence-electron chi connectivity index (χ4n) is 3.94. The highest BCUT2D eigenvalue weighted by molar-refractivity contribution is 5.93. The number of rotatable bonds is 3. The Labute approximate surface area is 151 Å². The fraction of sp³-hybridized carbons (Fsp3) is 0.556. The van der Waals surface area contributed by atoms with Crippen molar-refractivity contribution in [3.8, 4) is 0 Å². The van der Waals surface area contributed by atoms with Gasteiger partial charge < -0.3 is 18.8 Å². The highest BCUT2D eigenvalue weighted by Gasteiger charge is 2.42. The maximum absolute atomic E-state index is 13.0. The first-order chi connectivity index (χ1) is 12.4. The minimum Gasteiger partial charge on any atom is -0.361 e. The van der Waals surface area contributed by atoms with E-state index >= 15 is 0 Å². The van der Waals surface area contributed by atoms with Crippen molar-refractivity contribution in [1.82, 2.24) is 20.1 Å². The van der Waals surface area contributed by atoms with E-state index in [1.807, 2.05) is 18.7 Å². The van der Waals surface area contributed by atoms with Gasteiger partial charge in [0, 0.05) is 30.8 Å². The lowest BCUT2D eigenvalue weighted by Gasteiger charge is -2.35. The second kappa shape index (κ2) is 6.26. The molecule has 3 aliphatic rings. The number of aryl methyl sites for hydroxylation is 3. The summed E-state index contributed by atoms with van der Waals surface area (Å²) in [5, 5.41) is 7.81. The summed E-state index contributed by atoms with van der Waals surface area (Å²) in [4.78, 5) is 29.4. The molecule has 2 aromatic rings. The van der Waals surface area contributed by atoms with Gasteiger partial charge >= 0.3 is 0 Å². The zero-order valence-corrected chi connectivity index (χ0v) is 15.2. The molecule has 0 aliphatic carbocycles. The van der Waals surface area contributed by atoms with Gasteiger partial charge in [0.1, 0.15) is 11.5 Å². The van der Waals surface area contributed by atoms with Gasteiger partial charge in [-0.15, -0.1) is 0 Å². The van der Waals surface area contributed by atoms with Gasteiger partial charge in [-0.1, -0.05) is 10.3 Å². The van der Waals surface area contributed by atoms with Gasteiger partial charge in [-0.3, -0.25) is 9.59 Å². The van der Waals surface area contributed by atoms with Gasteiger partial charge in [0.15, 0.2) is 5.69 Å². The Balaban J connectivity index is 1.57. The molecule has 8 nitrogen and oxygen atoms in total. The standard InChI is InChI=1S/C18H22N4O4/c1-10-6-16(20-25-10)18(24)21-7-13-4-5-14(8-21)22(17(13)23)9-15-11(2)19-26-12(15)3/h6,13-14H,4-5,7-9H2,1-3H3/t13-,14+/m0/s1. The summed E-state index contributed by atoms with van der Waals surface area (Å²) in [7, 11) is 0. The number of hydrogen-bond acceptors (Lipinski definition) is 6. The van der Waals surface area contributed by atoms with Crippen molar-refractivity contribution in [2.75, 3.05) is 13.1 Å². The first kappa shape index (κ1) is 16.8. The Morgan fingerprint density at radius 1 is 1.19 bits per heavy atom. The largest absolute Gasteiger partial charge is 0.361 e. The maximum atomic E-state index is 13.0. The molecule has 138 valence electrons. The monoisotopic (exact) mass is 358 g/mol. The number of aromatic nitrogens is 2. The summed E-state index contributed by atoms with van der Waals surface area (Å²) in [6, 6.07) is 1.63. The van der Waals surface area contributed by atoms with Crippen LogP contribution >= 0.6 is 0 Å². The second-order valence-corrected chi connectivity index (χ2v) is 7.23. The van der Waals surface area contributed by atoms with Crippen LogP contribution in [0.25, 0.3) is 0 Å². The van der Waals surface area contributed by atoms with Gasteiger partial charge in [0.05, 0.1) is 18.2 Å². The highest BCUT2D eigenvalue weighted by atomic mass is 16.5. The van der Waals surface area contributed by atoms with Gasteiger partial charge in [0.25, 0.3) is 5.91 Å². The molecule has 3 aliphatic heterocycles. The average Bonchev–Trinajstić information content (AvgIpc) is 3.06. The summed E-state index contributed by atoms with van der Waals surface area (Å²) in [5.41, 5.74) is 2.06. The number of fused-ring (bicyclic) bond motifs is 4. The lowest BCUT2D eigenvalue weighted by molar-refractivity contribution is -0.140. The van der Waals surface area contributed by atoms with Crippen LogP contribution in [0.2, 0.25) is 0 Å². The normalized spacial score (nSPS) is 22.8. The fourth-order valence-corrected chi connectivity index (χ4v) is 3.94. The van der Waals surface area contributed by atoms with E-state index in [1.165, 1.54) is 0 Å². The molecule has 8 heteroatoms. The third-order valence-corrected chi connectivity index (χ3v) is 5.44. The van der Waals surface area contributed by atoms with E-state index in [2.05, 4.69) is 10.3 Å². The van der Waals surface area contributed by atoms with Crippen LogP contribution in [0.1, 0.15) is 46.1 Å². The van der Waals surface area contributed by atoms with Crippen molar-refractivity contribution in [2.45, 2.75) is 46.2 Å². The predicted molar refractivity (Wildman–Crippen MR) is 90.2 cm³/mol. The summed E-state index contributed by atoms with van der Waals surface area (Å²) in [6.07, 6.45) is 1.70. The predicted octanol–water partition coefficient (Wildman–Crippen LogP) is 1.85. The van der Waals surface area contributed by atoms with E-state index in [4.69, 9.17) is 9.05 Å². The van der Waals surface area contributed by atoms with E-state index in [0.717, 1.165) is 29.9 Å². The number of nitrogens with zero attached hydrogens (tertiary/aromatic N) is 4. The lowest BCUT2D eigenvalue weighted by atomic mass is 9.93. The molecule has 3 saturated heterocycles. The molecule has 3 fully saturated rings. The molecule has 5 rings (SSSR count). The van der Waals surface area contributed by atoms with Crippen LogP contribution < -0.4 is 0 Å². The molecular formula is C18H22N4O4. The van der Waals surface area contributed by atoms with Crippen LogP contribution in [-0.2, 0) is 11.3 Å². The number of carbonyl (C=O) groups excluding carboxylic acids is 2. The summed E-state index contributed by atoms with van der Waals surface area (Å²) >= 11 is 0. The Bertz CT molecular complexity index is 836. The zero-order chi connectivity index (χ0) is 18.4. The van der Waals surface area contributed by atoms with E-state index in [1.54, 1.807) is 17.9 Å². The second-order valence-electron chi connectivity index (χ2n) is 7.23. The summed E-state index contributed by atoms with van der Waals surface area (Å²) < 4.78 is 10.3. The van der Waals surface area contributed by atoms with E-state index in [9.17, 15) is 9.59 Å². The number of carbonyl (C=O) groups is 2.